The smallest absolute Gasteiger partial charge is 0.233 e. The van der Waals surface area contributed by atoms with Gasteiger partial charge in [0.2, 0.25) is 5.91 Å². The summed E-state index contributed by atoms with van der Waals surface area (Å²) in [6.45, 7) is 2.59. The number of carbonyl (C=O) groups is 1. The topological polar surface area (TPSA) is 80.9 Å². The van der Waals surface area contributed by atoms with Gasteiger partial charge in [0.15, 0.2) is 5.16 Å². The van der Waals surface area contributed by atoms with Crippen LogP contribution in [0.25, 0.3) is 0 Å². The third-order valence-electron chi connectivity index (χ3n) is 2.10. The van der Waals surface area contributed by atoms with Crippen LogP contribution in [0.3, 0.4) is 0 Å². The first-order chi connectivity index (χ1) is 7.15. The van der Waals surface area contributed by atoms with E-state index in [2.05, 4.69) is 15.3 Å². The largest absolute Gasteiger partial charge is 0.384 e. The summed E-state index contributed by atoms with van der Waals surface area (Å²) in [6.07, 6.45) is 0.820. The lowest BCUT2D eigenvalue weighted by molar-refractivity contribution is -0.118. The van der Waals surface area contributed by atoms with E-state index in [1.165, 1.54) is 11.8 Å². The quantitative estimate of drug-likeness (QED) is 0.708. The van der Waals surface area contributed by atoms with Crippen LogP contribution >= 0.6 is 11.8 Å². The van der Waals surface area contributed by atoms with E-state index in [0.717, 1.165) is 18.7 Å². The summed E-state index contributed by atoms with van der Waals surface area (Å²) in [4.78, 5) is 19.6. The van der Waals surface area contributed by atoms with Gasteiger partial charge in [-0.1, -0.05) is 11.8 Å². The Morgan fingerprint density at radius 1 is 1.60 bits per heavy atom. The predicted octanol–water partition coefficient (Wildman–Crippen LogP) is 0.348. The molecule has 2 heterocycles. The first kappa shape index (κ1) is 10.2. The molecule has 2 rings (SSSR count). The molecule has 0 bridgehead atoms. The lowest BCUT2D eigenvalue weighted by atomic mass is 10.4. The highest BCUT2D eigenvalue weighted by atomic mass is 32.2. The maximum absolute atomic E-state index is 11.3. The molecule has 0 radical (unpaired) electrons. The van der Waals surface area contributed by atoms with Gasteiger partial charge in [-0.2, -0.15) is 0 Å². The van der Waals surface area contributed by atoms with Crippen LogP contribution in [0.5, 0.6) is 0 Å². The van der Waals surface area contributed by atoms with Crippen LogP contribution < -0.4 is 11.1 Å². The normalized spacial score (nSPS) is 20.3. The monoisotopic (exact) mass is 224 g/mol. The van der Waals surface area contributed by atoms with Gasteiger partial charge in [0.25, 0.3) is 0 Å². The van der Waals surface area contributed by atoms with Crippen LogP contribution in [0.4, 0.5) is 5.82 Å². The van der Waals surface area contributed by atoms with Gasteiger partial charge in [-0.3, -0.25) is 4.79 Å². The summed E-state index contributed by atoms with van der Waals surface area (Å²) in [5, 5.41) is 3.27. The van der Waals surface area contributed by atoms with Crippen molar-refractivity contribution in [2.75, 3.05) is 12.3 Å². The van der Waals surface area contributed by atoms with Crippen LogP contribution in [0, 0.1) is 6.92 Å². The van der Waals surface area contributed by atoms with Crippen LogP contribution in [-0.2, 0) is 4.79 Å². The second-order valence-corrected chi connectivity index (χ2v) is 4.57. The van der Waals surface area contributed by atoms with Crippen molar-refractivity contribution in [3.8, 4) is 0 Å². The fraction of sp³-hybridized carbons (Fsp3) is 0.444. The van der Waals surface area contributed by atoms with E-state index >= 15 is 0 Å². The number of nitrogens with zero attached hydrogens (tertiary/aromatic N) is 2. The van der Waals surface area contributed by atoms with E-state index in [1.807, 2.05) is 6.92 Å². The molecule has 0 aromatic carbocycles. The van der Waals surface area contributed by atoms with Gasteiger partial charge in [-0.15, -0.1) is 0 Å². The number of carbonyl (C=O) groups excluding carboxylic acids is 1. The Morgan fingerprint density at radius 3 is 3.00 bits per heavy atom. The van der Waals surface area contributed by atoms with Crippen LogP contribution in [-0.4, -0.2) is 27.7 Å². The van der Waals surface area contributed by atoms with Crippen LogP contribution in [0.15, 0.2) is 11.2 Å². The van der Waals surface area contributed by atoms with Crippen LogP contribution in [0.2, 0.25) is 0 Å². The lowest BCUT2D eigenvalue weighted by Crippen LogP contribution is -2.20. The predicted molar refractivity (Wildman–Crippen MR) is 58.5 cm³/mol. The van der Waals surface area contributed by atoms with Crippen molar-refractivity contribution in [1.82, 2.24) is 15.3 Å². The number of aromatic nitrogens is 2. The van der Waals surface area contributed by atoms with E-state index in [9.17, 15) is 4.79 Å². The highest BCUT2D eigenvalue weighted by molar-refractivity contribution is 8.00. The average molecular weight is 224 g/mol. The Morgan fingerprint density at radius 2 is 2.40 bits per heavy atom. The number of hydrogen-bond acceptors (Lipinski definition) is 5. The maximum Gasteiger partial charge on any atom is 0.233 e. The molecule has 1 aliphatic rings. The summed E-state index contributed by atoms with van der Waals surface area (Å²) in [5.74, 6) is 0.507. The first-order valence-corrected chi connectivity index (χ1v) is 5.58. The molecule has 5 nitrogen and oxygen atoms in total. The molecule has 3 N–H and O–H groups in total. The van der Waals surface area contributed by atoms with Crippen molar-refractivity contribution in [3.05, 3.63) is 11.8 Å². The lowest BCUT2D eigenvalue weighted by Gasteiger charge is -2.06. The van der Waals surface area contributed by atoms with Gasteiger partial charge < -0.3 is 11.1 Å². The number of rotatable bonds is 2. The minimum atomic E-state index is -0.0776. The van der Waals surface area contributed by atoms with E-state index < -0.39 is 0 Å². The molecule has 1 aromatic heterocycles. The van der Waals surface area contributed by atoms with Crippen molar-refractivity contribution < 1.29 is 4.79 Å². The molecule has 0 spiro atoms. The molecule has 0 aliphatic carbocycles. The van der Waals surface area contributed by atoms with E-state index in [0.29, 0.717) is 11.0 Å². The van der Waals surface area contributed by atoms with Gasteiger partial charge in [0, 0.05) is 18.3 Å². The maximum atomic E-state index is 11.3. The SMILES string of the molecule is Cc1cc(N)nc(SC2CCNC2=O)n1. The van der Waals surface area contributed by atoms with Gasteiger partial charge in [0.05, 0.1) is 5.25 Å². The number of anilines is 1. The zero-order valence-electron chi connectivity index (χ0n) is 8.36. The second kappa shape index (κ2) is 4.06. The fourth-order valence-electron chi connectivity index (χ4n) is 1.43. The molecule has 0 saturated carbocycles. The van der Waals surface area contributed by atoms with E-state index in [1.54, 1.807) is 6.07 Å². The number of aryl methyl sites for hydroxylation is 1. The molecule has 1 saturated heterocycles. The number of amides is 1. The summed E-state index contributed by atoms with van der Waals surface area (Å²) < 4.78 is 0. The number of thioether (sulfide) groups is 1. The van der Waals surface area contributed by atoms with Crippen molar-refractivity contribution in [2.24, 2.45) is 0 Å². The van der Waals surface area contributed by atoms with Gasteiger partial charge in [-0.05, 0) is 13.3 Å². The Labute approximate surface area is 91.9 Å². The Hall–Kier alpha value is -1.30. The number of nitrogens with one attached hydrogen (secondary N) is 1. The molecule has 1 aromatic rings. The summed E-state index contributed by atoms with van der Waals surface area (Å²) in [6, 6.07) is 1.71. The standard InChI is InChI=1S/C9H12N4OS/c1-5-4-7(10)13-9(12-5)15-6-2-3-11-8(6)14/h4,6H,2-3H2,1H3,(H,11,14)(H2,10,12,13). The van der Waals surface area contributed by atoms with Gasteiger partial charge >= 0.3 is 0 Å². The molecule has 1 atom stereocenters. The minimum Gasteiger partial charge on any atom is -0.384 e. The molecular weight excluding hydrogens is 212 g/mol. The first-order valence-electron chi connectivity index (χ1n) is 4.70. The van der Waals surface area contributed by atoms with Crippen molar-refractivity contribution in [2.45, 2.75) is 23.8 Å². The average Bonchev–Trinajstić information content (AvgIpc) is 2.50. The Balaban J connectivity index is 2.13. The Kier molecular flexibility index (Phi) is 2.77. The number of nitrogen functional groups attached to an aromatic ring is 1. The van der Waals surface area contributed by atoms with Crippen molar-refractivity contribution in [1.29, 1.82) is 0 Å². The highest BCUT2D eigenvalue weighted by Gasteiger charge is 2.26. The molecule has 1 fully saturated rings. The Bertz CT molecular complexity index is 375. The minimum absolute atomic E-state index is 0.0590. The highest BCUT2D eigenvalue weighted by Crippen LogP contribution is 2.25. The molecule has 1 aliphatic heterocycles. The molecule has 15 heavy (non-hydrogen) atoms. The fourth-order valence-corrected chi connectivity index (χ4v) is 2.46. The van der Waals surface area contributed by atoms with Crippen molar-refractivity contribution in [3.63, 3.8) is 0 Å². The van der Waals surface area contributed by atoms with Crippen LogP contribution in [0.1, 0.15) is 12.1 Å². The zero-order valence-corrected chi connectivity index (χ0v) is 9.17. The molecule has 1 unspecified atom stereocenters. The number of nitrogens with two attached hydrogens (primary N) is 1. The second-order valence-electron chi connectivity index (χ2n) is 3.40. The summed E-state index contributed by atoms with van der Waals surface area (Å²) >= 11 is 1.37. The third-order valence-corrected chi connectivity index (χ3v) is 3.23. The molecule has 6 heteroatoms. The summed E-state index contributed by atoms with van der Waals surface area (Å²) in [5.41, 5.74) is 6.43. The zero-order chi connectivity index (χ0) is 10.8. The molecular formula is C9H12N4OS. The van der Waals surface area contributed by atoms with Gasteiger partial charge in [-0.25, -0.2) is 9.97 Å². The third kappa shape index (κ3) is 2.38. The molecule has 1 amide bonds. The van der Waals surface area contributed by atoms with Gasteiger partial charge in [0.1, 0.15) is 5.82 Å². The molecule has 80 valence electrons. The van der Waals surface area contributed by atoms with E-state index in [-0.39, 0.29) is 11.2 Å². The number of hydrogen-bond donors (Lipinski definition) is 2. The van der Waals surface area contributed by atoms with Crippen molar-refractivity contribution >= 4 is 23.5 Å². The summed E-state index contributed by atoms with van der Waals surface area (Å²) in [7, 11) is 0. The van der Waals surface area contributed by atoms with E-state index in [4.69, 9.17) is 5.73 Å².